The first-order valence-corrected chi connectivity index (χ1v) is 2.61. The quantitative estimate of drug-likeness (QED) is 0.342. The minimum absolute atomic E-state index is 0.203. The Balaban J connectivity index is 2.64. The van der Waals surface area contributed by atoms with Gasteiger partial charge in [0.15, 0.2) is 5.00 Å². The number of hydrogen-bond donors (Lipinski definition) is 0. The van der Waals surface area contributed by atoms with Gasteiger partial charge in [-0.1, -0.05) is 11.6 Å². The number of nitrogens with zero attached hydrogens (tertiary/aromatic N) is 2. The fourth-order valence-electron chi connectivity index (χ4n) is 0.332. The third kappa shape index (κ3) is 0.630. The molecule has 1 aliphatic rings. The highest BCUT2D eigenvalue weighted by molar-refractivity contribution is 6.24. The Kier molecular flexibility index (Phi) is 0.854. The van der Waals surface area contributed by atoms with E-state index in [4.69, 9.17) is 11.6 Å². The van der Waals surface area contributed by atoms with Gasteiger partial charge in [-0.2, -0.15) is 10.2 Å². The van der Waals surface area contributed by atoms with E-state index in [2.05, 4.69) is 10.2 Å². The molecule has 0 bridgehead atoms. The zero-order chi connectivity index (χ0) is 5.49. The summed E-state index contributed by atoms with van der Waals surface area (Å²) in [6.45, 7) is 3.80. The van der Waals surface area contributed by atoms with Crippen molar-refractivity contribution >= 4 is 11.6 Å². The van der Waals surface area contributed by atoms with Crippen LogP contribution in [-0.4, -0.2) is 11.0 Å². The molecule has 1 heterocycles. The molecule has 3 heteroatoms. The molecular weight excluding hydrogens is 112 g/mol. The Morgan fingerprint density at radius 2 is 2.14 bits per heavy atom. The van der Waals surface area contributed by atoms with Crippen LogP contribution in [0.1, 0.15) is 13.8 Å². The van der Waals surface area contributed by atoms with Crippen LogP contribution in [0.3, 0.4) is 0 Å². The van der Waals surface area contributed by atoms with Gasteiger partial charge in [-0.3, -0.25) is 0 Å². The molecular formula is C4H7ClN2. The normalized spacial score (nSPS) is 48.7. The molecule has 0 saturated carbocycles. The molecule has 0 fully saturated rings. The van der Waals surface area contributed by atoms with Crippen LogP contribution >= 0.6 is 11.6 Å². The second-order valence-electron chi connectivity index (χ2n) is 1.92. The summed E-state index contributed by atoms with van der Waals surface area (Å²) in [7, 11) is 0. The maximum atomic E-state index is 5.69. The maximum Gasteiger partial charge on any atom is 0.175 e. The minimum Gasteiger partial charge on any atom is -0.185 e. The largest absolute Gasteiger partial charge is 0.185 e. The molecule has 0 aromatic heterocycles. The summed E-state index contributed by atoms with van der Waals surface area (Å²) in [6, 6.07) is 0.203. The lowest BCUT2D eigenvalue weighted by molar-refractivity contribution is 0.403. The Morgan fingerprint density at radius 1 is 1.71 bits per heavy atom. The van der Waals surface area contributed by atoms with Crippen molar-refractivity contribution in [2.45, 2.75) is 24.9 Å². The Morgan fingerprint density at radius 3 is 2.14 bits per heavy atom. The summed E-state index contributed by atoms with van der Waals surface area (Å²) >= 11 is 5.69. The summed E-state index contributed by atoms with van der Waals surface area (Å²) in [4.78, 5) is -0.389. The standard InChI is InChI=1S/C4H7ClN2/c1-3-4(2,5)7-6-3/h3H,1-2H3. The Hall–Kier alpha value is -0.110. The fourth-order valence-corrected chi connectivity index (χ4v) is 0.420. The predicted octanol–water partition coefficient (Wildman–Crippen LogP) is 1.80. The molecule has 1 rings (SSSR count). The number of azo groups is 1. The molecule has 0 radical (unpaired) electrons. The SMILES string of the molecule is CC1N=NC1(C)Cl. The number of hydrogen-bond acceptors (Lipinski definition) is 2. The first kappa shape index (κ1) is 5.04. The molecule has 1 aliphatic heterocycles. The van der Waals surface area contributed by atoms with Gasteiger partial charge in [0.25, 0.3) is 0 Å². The van der Waals surface area contributed by atoms with Crippen molar-refractivity contribution in [1.29, 1.82) is 0 Å². The van der Waals surface area contributed by atoms with Gasteiger partial charge in [0.2, 0.25) is 0 Å². The molecule has 2 atom stereocenters. The number of alkyl halides is 1. The summed E-state index contributed by atoms with van der Waals surface area (Å²) in [6.07, 6.45) is 0. The highest BCUT2D eigenvalue weighted by Crippen LogP contribution is 2.31. The summed E-state index contributed by atoms with van der Waals surface area (Å²) in [5.41, 5.74) is 0. The van der Waals surface area contributed by atoms with Crippen molar-refractivity contribution in [3.63, 3.8) is 0 Å². The highest BCUT2D eigenvalue weighted by atomic mass is 35.5. The zero-order valence-corrected chi connectivity index (χ0v) is 5.11. The molecule has 7 heavy (non-hydrogen) atoms. The maximum absolute atomic E-state index is 5.69. The van der Waals surface area contributed by atoms with E-state index >= 15 is 0 Å². The van der Waals surface area contributed by atoms with Crippen LogP contribution in [-0.2, 0) is 0 Å². The molecule has 0 aliphatic carbocycles. The lowest BCUT2D eigenvalue weighted by Crippen LogP contribution is -2.34. The average Bonchev–Trinajstić information content (AvgIpc) is 1.63. The van der Waals surface area contributed by atoms with Crippen LogP contribution in [0.2, 0.25) is 0 Å². The van der Waals surface area contributed by atoms with Gasteiger partial charge < -0.3 is 0 Å². The third-order valence-corrected chi connectivity index (χ3v) is 1.58. The molecule has 0 aromatic carbocycles. The van der Waals surface area contributed by atoms with Crippen LogP contribution in [0.15, 0.2) is 10.2 Å². The van der Waals surface area contributed by atoms with E-state index in [-0.39, 0.29) is 11.0 Å². The van der Waals surface area contributed by atoms with E-state index in [9.17, 15) is 0 Å². The second kappa shape index (κ2) is 1.19. The van der Waals surface area contributed by atoms with Crippen LogP contribution in [0.4, 0.5) is 0 Å². The fraction of sp³-hybridized carbons (Fsp3) is 1.00. The van der Waals surface area contributed by atoms with Crippen molar-refractivity contribution in [2.75, 3.05) is 0 Å². The monoisotopic (exact) mass is 118 g/mol. The lowest BCUT2D eigenvalue weighted by atomic mass is 10.1. The number of halogens is 1. The van der Waals surface area contributed by atoms with Crippen molar-refractivity contribution in [3.05, 3.63) is 0 Å². The summed E-state index contributed by atoms with van der Waals surface area (Å²) in [5.74, 6) is 0. The molecule has 0 N–H and O–H groups in total. The van der Waals surface area contributed by atoms with E-state index in [0.717, 1.165) is 0 Å². The smallest absolute Gasteiger partial charge is 0.175 e. The van der Waals surface area contributed by atoms with Gasteiger partial charge in [-0.25, -0.2) is 0 Å². The highest BCUT2D eigenvalue weighted by Gasteiger charge is 2.35. The van der Waals surface area contributed by atoms with E-state index < -0.39 is 0 Å². The van der Waals surface area contributed by atoms with Crippen LogP contribution < -0.4 is 0 Å². The van der Waals surface area contributed by atoms with E-state index in [0.29, 0.717) is 0 Å². The molecule has 40 valence electrons. The van der Waals surface area contributed by atoms with Crippen molar-refractivity contribution < 1.29 is 0 Å². The van der Waals surface area contributed by atoms with Gasteiger partial charge in [-0.15, -0.1) is 0 Å². The third-order valence-electron chi connectivity index (χ3n) is 1.19. The molecule has 0 saturated heterocycles. The van der Waals surface area contributed by atoms with Gasteiger partial charge in [0.05, 0.1) is 0 Å². The zero-order valence-electron chi connectivity index (χ0n) is 4.35. The van der Waals surface area contributed by atoms with E-state index in [1.807, 2.05) is 13.8 Å². The van der Waals surface area contributed by atoms with E-state index in [1.54, 1.807) is 0 Å². The summed E-state index contributed by atoms with van der Waals surface area (Å²) < 4.78 is 0. The molecule has 0 spiro atoms. The molecule has 0 aromatic rings. The predicted molar refractivity (Wildman–Crippen MR) is 28.6 cm³/mol. The van der Waals surface area contributed by atoms with Gasteiger partial charge in [-0.05, 0) is 13.8 Å². The minimum atomic E-state index is -0.389. The Labute approximate surface area is 47.6 Å². The first-order valence-electron chi connectivity index (χ1n) is 2.24. The Bertz CT molecular complexity index is 108. The van der Waals surface area contributed by atoms with Crippen molar-refractivity contribution in [1.82, 2.24) is 0 Å². The van der Waals surface area contributed by atoms with Crippen LogP contribution in [0, 0.1) is 0 Å². The van der Waals surface area contributed by atoms with Gasteiger partial charge in [0.1, 0.15) is 6.04 Å². The van der Waals surface area contributed by atoms with Crippen molar-refractivity contribution in [3.8, 4) is 0 Å². The molecule has 2 unspecified atom stereocenters. The summed E-state index contributed by atoms with van der Waals surface area (Å²) in [5, 5.41) is 7.39. The van der Waals surface area contributed by atoms with E-state index in [1.165, 1.54) is 0 Å². The lowest BCUT2D eigenvalue weighted by Gasteiger charge is -2.27. The van der Waals surface area contributed by atoms with Gasteiger partial charge in [0, 0.05) is 0 Å². The first-order chi connectivity index (χ1) is 3.13. The van der Waals surface area contributed by atoms with Crippen LogP contribution in [0.5, 0.6) is 0 Å². The average molecular weight is 119 g/mol. The molecule has 2 nitrogen and oxygen atoms in total. The number of rotatable bonds is 0. The second-order valence-corrected chi connectivity index (χ2v) is 2.68. The van der Waals surface area contributed by atoms with Crippen LogP contribution in [0.25, 0.3) is 0 Å². The van der Waals surface area contributed by atoms with Crippen molar-refractivity contribution in [2.24, 2.45) is 10.2 Å². The topological polar surface area (TPSA) is 24.7 Å². The van der Waals surface area contributed by atoms with Gasteiger partial charge >= 0.3 is 0 Å². The molecule has 0 amide bonds.